The molecule has 108 valence electrons. The molecule has 0 saturated heterocycles. The van der Waals surface area contributed by atoms with Crippen LogP contribution in [0, 0.1) is 0 Å². The molecule has 0 spiro atoms. The number of rotatable bonds is 4. The molecule has 0 aromatic carbocycles. The number of carbonyl (C=O) groups is 1. The first-order chi connectivity index (χ1) is 9.79. The molecular weight excluding hydrogens is 354 g/mol. The number of carbonyl (C=O) groups excluding carboxylic acids is 1. The predicted molar refractivity (Wildman–Crippen MR) is 91.4 cm³/mol. The molecule has 2 aromatic rings. The summed E-state index contributed by atoms with van der Waals surface area (Å²) in [4.78, 5) is 15.8. The third-order valence-electron chi connectivity index (χ3n) is 3.95. The Hall–Kier alpha value is -0.390. The van der Waals surface area contributed by atoms with Crippen LogP contribution >= 0.6 is 38.6 Å². The van der Waals surface area contributed by atoms with Gasteiger partial charge in [0, 0.05) is 27.3 Å². The van der Waals surface area contributed by atoms with Crippen LogP contribution in [0.25, 0.3) is 9.40 Å². The zero-order chi connectivity index (χ0) is 13.9. The molecule has 5 heteroatoms. The standard InChI is InChI=1S/C15H18BrNOS2/c16-7-8-17(11-4-2-1-3-5-11)15(18)14-10-13-12(20-14)6-9-19-13/h6,9-11H,1-5,7-8H2. The van der Waals surface area contributed by atoms with Crippen molar-refractivity contribution < 1.29 is 4.79 Å². The molecule has 2 nitrogen and oxygen atoms in total. The number of alkyl halides is 1. The molecule has 1 aliphatic carbocycles. The highest BCUT2D eigenvalue weighted by Crippen LogP contribution is 2.32. The summed E-state index contributed by atoms with van der Waals surface area (Å²) in [5.74, 6) is 0.227. The van der Waals surface area contributed by atoms with Crippen molar-refractivity contribution in [2.75, 3.05) is 11.9 Å². The van der Waals surface area contributed by atoms with E-state index in [9.17, 15) is 4.79 Å². The van der Waals surface area contributed by atoms with Gasteiger partial charge in [0.25, 0.3) is 5.91 Å². The van der Waals surface area contributed by atoms with Gasteiger partial charge in [0.05, 0.1) is 4.88 Å². The molecule has 1 amide bonds. The monoisotopic (exact) mass is 371 g/mol. The summed E-state index contributed by atoms with van der Waals surface area (Å²) >= 11 is 6.85. The largest absolute Gasteiger partial charge is 0.334 e. The van der Waals surface area contributed by atoms with E-state index in [1.807, 2.05) is 0 Å². The van der Waals surface area contributed by atoms with E-state index in [1.165, 1.54) is 41.5 Å². The van der Waals surface area contributed by atoms with Crippen molar-refractivity contribution in [1.29, 1.82) is 0 Å². The van der Waals surface area contributed by atoms with Gasteiger partial charge < -0.3 is 4.90 Å². The van der Waals surface area contributed by atoms with Gasteiger partial charge in [-0.15, -0.1) is 22.7 Å². The fourth-order valence-electron chi connectivity index (χ4n) is 2.95. The zero-order valence-corrected chi connectivity index (χ0v) is 14.5. The summed E-state index contributed by atoms with van der Waals surface area (Å²) in [5.41, 5.74) is 0. The fourth-order valence-corrected chi connectivity index (χ4v) is 5.39. The van der Waals surface area contributed by atoms with E-state index < -0.39 is 0 Å². The van der Waals surface area contributed by atoms with E-state index in [0.29, 0.717) is 6.04 Å². The highest BCUT2D eigenvalue weighted by atomic mass is 79.9. The average Bonchev–Trinajstić information content (AvgIpc) is 3.06. The third kappa shape index (κ3) is 2.95. The molecule has 1 aliphatic rings. The number of halogens is 1. The fraction of sp³-hybridized carbons (Fsp3) is 0.533. The van der Waals surface area contributed by atoms with Gasteiger partial charge in [0.15, 0.2) is 0 Å². The van der Waals surface area contributed by atoms with Crippen LogP contribution in [0.15, 0.2) is 17.5 Å². The van der Waals surface area contributed by atoms with E-state index in [0.717, 1.165) is 16.8 Å². The van der Waals surface area contributed by atoms with E-state index in [2.05, 4.69) is 38.3 Å². The van der Waals surface area contributed by atoms with Gasteiger partial charge in [-0.3, -0.25) is 4.79 Å². The molecule has 20 heavy (non-hydrogen) atoms. The molecule has 0 bridgehead atoms. The van der Waals surface area contributed by atoms with Gasteiger partial charge in [-0.1, -0.05) is 35.2 Å². The molecular formula is C15H18BrNOS2. The molecule has 2 aromatic heterocycles. The first-order valence-electron chi connectivity index (χ1n) is 7.13. The third-order valence-corrected chi connectivity index (χ3v) is 6.39. The Bertz CT molecular complexity index is 557. The quantitative estimate of drug-likeness (QED) is 0.681. The van der Waals surface area contributed by atoms with Crippen LogP contribution in [0.2, 0.25) is 0 Å². The van der Waals surface area contributed by atoms with E-state index in [-0.39, 0.29) is 5.91 Å². The Kier molecular flexibility index (Phi) is 4.79. The smallest absolute Gasteiger partial charge is 0.264 e. The first kappa shape index (κ1) is 14.5. The lowest BCUT2D eigenvalue weighted by Gasteiger charge is -2.33. The van der Waals surface area contributed by atoms with Crippen molar-refractivity contribution in [3.05, 3.63) is 22.4 Å². The highest BCUT2D eigenvalue weighted by Gasteiger charge is 2.26. The minimum absolute atomic E-state index is 0.227. The lowest BCUT2D eigenvalue weighted by molar-refractivity contribution is 0.0656. The number of nitrogens with zero attached hydrogens (tertiary/aromatic N) is 1. The van der Waals surface area contributed by atoms with Gasteiger partial charge in [0.1, 0.15) is 0 Å². The summed E-state index contributed by atoms with van der Waals surface area (Å²) in [7, 11) is 0. The minimum Gasteiger partial charge on any atom is -0.334 e. The van der Waals surface area contributed by atoms with Crippen molar-refractivity contribution in [3.63, 3.8) is 0 Å². The SMILES string of the molecule is O=C(c1cc2sccc2s1)N(CCBr)C1CCCCC1. The molecule has 0 radical (unpaired) electrons. The highest BCUT2D eigenvalue weighted by molar-refractivity contribution is 9.09. The average molecular weight is 372 g/mol. The molecule has 0 unspecified atom stereocenters. The second kappa shape index (κ2) is 6.58. The summed E-state index contributed by atoms with van der Waals surface area (Å²) < 4.78 is 2.47. The van der Waals surface area contributed by atoms with E-state index in [1.54, 1.807) is 22.7 Å². The maximum atomic E-state index is 12.8. The lowest BCUT2D eigenvalue weighted by Crippen LogP contribution is -2.42. The molecule has 0 atom stereocenters. The number of hydrogen-bond donors (Lipinski definition) is 0. The van der Waals surface area contributed by atoms with Gasteiger partial charge >= 0.3 is 0 Å². The Morgan fingerprint density at radius 1 is 1.30 bits per heavy atom. The predicted octanol–water partition coefficient (Wildman–Crippen LogP) is 5.13. The van der Waals surface area contributed by atoms with E-state index in [4.69, 9.17) is 0 Å². The lowest BCUT2D eigenvalue weighted by atomic mass is 9.94. The van der Waals surface area contributed by atoms with Crippen molar-refractivity contribution >= 4 is 53.9 Å². The zero-order valence-electron chi connectivity index (χ0n) is 11.3. The maximum Gasteiger partial charge on any atom is 0.264 e. The van der Waals surface area contributed by atoms with Gasteiger partial charge in [-0.25, -0.2) is 0 Å². The Labute approximate surface area is 135 Å². The van der Waals surface area contributed by atoms with Crippen LogP contribution in [0.4, 0.5) is 0 Å². The van der Waals surface area contributed by atoms with Crippen molar-refractivity contribution in [2.24, 2.45) is 0 Å². The Balaban J connectivity index is 1.82. The number of amides is 1. The maximum absolute atomic E-state index is 12.8. The topological polar surface area (TPSA) is 20.3 Å². The molecule has 3 rings (SSSR count). The van der Waals surface area contributed by atoms with Crippen molar-refractivity contribution in [2.45, 2.75) is 38.1 Å². The Morgan fingerprint density at radius 2 is 2.10 bits per heavy atom. The van der Waals surface area contributed by atoms with Crippen LogP contribution in [0.3, 0.4) is 0 Å². The summed E-state index contributed by atoms with van der Waals surface area (Å²) in [5, 5.41) is 2.95. The number of thiophene rings is 2. The van der Waals surface area contributed by atoms with Crippen LogP contribution in [-0.2, 0) is 0 Å². The molecule has 1 fully saturated rings. The minimum atomic E-state index is 0.227. The van der Waals surface area contributed by atoms with Crippen molar-refractivity contribution in [1.82, 2.24) is 4.90 Å². The molecule has 0 aliphatic heterocycles. The van der Waals surface area contributed by atoms with Crippen molar-refractivity contribution in [3.8, 4) is 0 Å². The van der Waals surface area contributed by atoms with Crippen LogP contribution in [0.1, 0.15) is 41.8 Å². The second-order valence-corrected chi connectivity index (χ2v) is 8.06. The number of fused-ring (bicyclic) bond motifs is 1. The summed E-state index contributed by atoms with van der Waals surface area (Å²) in [6.45, 7) is 0.815. The Morgan fingerprint density at radius 3 is 2.80 bits per heavy atom. The molecule has 0 N–H and O–H groups in total. The molecule has 2 heterocycles. The summed E-state index contributed by atoms with van der Waals surface area (Å²) in [6.07, 6.45) is 6.17. The van der Waals surface area contributed by atoms with Crippen LogP contribution < -0.4 is 0 Å². The van der Waals surface area contributed by atoms with Gasteiger partial charge in [-0.05, 0) is 30.4 Å². The molecule has 1 saturated carbocycles. The normalized spacial score (nSPS) is 16.6. The summed E-state index contributed by atoms with van der Waals surface area (Å²) in [6, 6.07) is 4.61. The van der Waals surface area contributed by atoms with Crippen LogP contribution in [-0.4, -0.2) is 28.7 Å². The second-order valence-electron chi connectivity index (χ2n) is 5.24. The van der Waals surface area contributed by atoms with Crippen LogP contribution in [0.5, 0.6) is 0 Å². The number of hydrogen-bond acceptors (Lipinski definition) is 3. The van der Waals surface area contributed by atoms with Gasteiger partial charge in [-0.2, -0.15) is 0 Å². The van der Waals surface area contributed by atoms with Gasteiger partial charge in [0.2, 0.25) is 0 Å². The first-order valence-corrected chi connectivity index (χ1v) is 9.95. The van der Waals surface area contributed by atoms with E-state index >= 15 is 0 Å².